The van der Waals surface area contributed by atoms with E-state index in [4.69, 9.17) is 9.47 Å². The number of benzene rings is 2. The first-order chi connectivity index (χ1) is 17.4. The molecule has 3 amide bonds. The molecular weight excluding hydrogens is 463 g/mol. The van der Waals surface area contributed by atoms with Crippen molar-refractivity contribution in [1.29, 1.82) is 0 Å². The Morgan fingerprint density at radius 2 is 1.86 bits per heavy atom. The maximum atomic E-state index is 13.7. The number of carbonyl (C=O) groups is 2. The van der Waals surface area contributed by atoms with Gasteiger partial charge in [-0.05, 0) is 65.9 Å². The van der Waals surface area contributed by atoms with E-state index >= 15 is 0 Å². The van der Waals surface area contributed by atoms with Gasteiger partial charge in [-0.25, -0.2) is 9.18 Å². The number of pyridine rings is 1. The van der Waals surface area contributed by atoms with Crippen LogP contribution in [0.5, 0.6) is 11.5 Å². The molecule has 188 valence electrons. The van der Waals surface area contributed by atoms with Gasteiger partial charge in [0.15, 0.2) is 11.5 Å². The van der Waals surface area contributed by atoms with E-state index in [2.05, 4.69) is 15.6 Å². The number of nitrogens with zero attached hydrogens (tertiary/aromatic N) is 2. The third kappa shape index (κ3) is 5.40. The second kappa shape index (κ2) is 11.1. The predicted octanol–water partition coefficient (Wildman–Crippen LogP) is 3.60. The summed E-state index contributed by atoms with van der Waals surface area (Å²) < 4.78 is 24.7. The van der Waals surface area contributed by atoms with Crippen LogP contribution in [0.25, 0.3) is 0 Å². The molecule has 3 aromatic rings. The minimum atomic E-state index is -0.769. The molecule has 1 aliphatic heterocycles. The van der Waals surface area contributed by atoms with E-state index in [0.29, 0.717) is 31.0 Å². The molecule has 0 saturated carbocycles. The second-order valence-corrected chi connectivity index (χ2v) is 8.55. The molecule has 2 atom stereocenters. The molecule has 1 aromatic heterocycles. The molecule has 0 radical (unpaired) electrons. The first kappa shape index (κ1) is 25.0. The van der Waals surface area contributed by atoms with Gasteiger partial charge < -0.3 is 25.0 Å². The highest BCUT2D eigenvalue weighted by Gasteiger charge is 2.34. The number of methoxy groups -OCH3 is 2. The summed E-state index contributed by atoms with van der Waals surface area (Å²) in [6, 6.07) is 11.8. The number of aromatic nitrogens is 1. The van der Waals surface area contributed by atoms with E-state index in [-0.39, 0.29) is 11.7 Å². The molecule has 8 nitrogen and oxygen atoms in total. The molecule has 0 saturated heterocycles. The van der Waals surface area contributed by atoms with Crippen LogP contribution >= 0.6 is 0 Å². The quantitative estimate of drug-likeness (QED) is 0.526. The third-order valence-corrected chi connectivity index (χ3v) is 6.24. The van der Waals surface area contributed by atoms with Crippen molar-refractivity contribution in [2.24, 2.45) is 0 Å². The molecule has 2 heterocycles. The van der Waals surface area contributed by atoms with E-state index in [1.165, 1.54) is 12.1 Å². The fraction of sp³-hybridized carbons (Fsp3) is 0.296. The molecule has 2 N–H and O–H groups in total. The molecule has 1 aliphatic rings. The minimum Gasteiger partial charge on any atom is -0.493 e. The Balaban J connectivity index is 1.57. The molecule has 0 fully saturated rings. The summed E-state index contributed by atoms with van der Waals surface area (Å²) >= 11 is 0. The number of amides is 3. The molecule has 0 unspecified atom stereocenters. The lowest BCUT2D eigenvalue weighted by molar-refractivity contribution is -0.122. The number of urea groups is 1. The van der Waals surface area contributed by atoms with Gasteiger partial charge in [0.2, 0.25) is 5.91 Å². The summed E-state index contributed by atoms with van der Waals surface area (Å²) in [5.74, 6) is 0.464. The van der Waals surface area contributed by atoms with Crippen molar-refractivity contribution in [2.45, 2.75) is 32.0 Å². The number of hydrogen-bond acceptors (Lipinski definition) is 5. The maximum absolute atomic E-state index is 13.7. The van der Waals surface area contributed by atoms with E-state index in [1.54, 1.807) is 56.6 Å². The van der Waals surface area contributed by atoms with Gasteiger partial charge in [0.25, 0.3) is 0 Å². The van der Waals surface area contributed by atoms with Crippen LogP contribution in [-0.4, -0.2) is 48.6 Å². The molecule has 2 aromatic carbocycles. The molecule has 0 spiro atoms. The van der Waals surface area contributed by atoms with Gasteiger partial charge in [-0.1, -0.05) is 18.2 Å². The Bertz CT molecular complexity index is 1220. The number of nitrogens with one attached hydrogen (secondary N) is 2. The first-order valence-electron chi connectivity index (χ1n) is 11.6. The zero-order chi connectivity index (χ0) is 25.7. The molecule has 4 rings (SSSR count). The fourth-order valence-corrected chi connectivity index (χ4v) is 4.35. The molecule has 0 bridgehead atoms. The number of rotatable bonds is 7. The van der Waals surface area contributed by atoms with Crippen LogP contribution in [0.1, 0.15) is 35.2 Å². The Labute approximate surface area is 209 Å². The normalized spacial score (nSPS) is 15.4. The van der Waals surface area contributed by atoms with Crippen molar-refractivity contribution in [2.75, 3.05) is 20.8 Å². The van der Waals surface area contributed by atoms with Crippen molar-refractivity contribution >= 4 is 11.9 Å². The van der Waals surface area contributed by atoms with Crippen LogP contribution in [0, 0.1) is 5.82 Å². The summed E-state index contributed by atoms with van der Waals surface area (Å²) in [5, 5.41) is 5.62. The number of carbonyl (C=O) groups excluding carboxylic acids is 2. The highest BCUT2D eigenvalue weighted by atomic mass is 19.1. The monoisotopic (exact) mass is 492 g/mol. The summed E-state index contributed by atoms with van der Waals surface area (Å²) in [4.78, 5) is 31.8. The number of ether oxygens (including phenoxy) is 2. The van der Waals surface area contributed by atoms with Crippen LogP contribution in [0.2, 0.25) is 0 Å². The highest BCUT2D eigenvalue weighted by Crippen LogP contribution is 2.41. The topological polar surface area (TPSA) is 92.8 Å². The highest BCUT2D eigenvalue weighted by molar-refractivity contribution is 5.87. The van der Waals surface area contributed by atoms with Crippen LogP contribution in [0.4, 0.5) is 9.18 Å². The van der Waals surface area contributed by atoms with E-state index in [0.717, 1.165) is 22.3 Å². The number of fused-ring (bicyclic) bond motifs is 1. The lowest BCUT2D eigenvalue weighted by Crippen LogP contribution is -2.52. The summed E-state index contributed by atoms with van der Waals surface area (Å²) in [6.07, 6.45) is 3.92. The molecule has 36 heavy (non-hydrogen) atoms. The zero-order valence-electron chi connectivity index (χ0n) is 20.5. The summed E-state index contributed by atoms with van der Waals surface area (Å²) in [7, 11) is 3.13. The zero-order valence-corrected chi connectivity index (χ0v) is 20.5. The van der Waals surface area contributed by atoms with Gasteiger partial charge in [0.1, 0.15) is 11.9 Å². The fourth-order valence-electron chi connectivity index (χ4n) is 4.35. The predicted molar refractivity (Wildman–Crippen MR) is 132 cm³/mol. The first-order valence-corrected chi connectivity index (χ1v) is 11.6. The van der Waals surface area contributed by atoms with Crippen LogP contribution in [-0.2, 0) is 17.8 Å². The Morgan fingerprint density at radius 3 is 2.53 bits per heavy atom. The average molecular weight is 493 g/mol. The van der Waals surface area contributed by atoms with Crippen LogP contribution < -0.4 is 20.1 Å². The minimum absolute atomic E-state index is 0.309. The molecule has 9 heteroatoms. The third-order valence-electron chi connectivity index (χ3n) is 6.24. The molecule has 0 aliphatic carbocycles. The van der Waals surface area contributed by atoms with Crippen molar-refractivity contribution in [3.8, 4) is 11.5 Å². The second-order valence-electron chi connectivity index (χ2n) is 8.55. The van der Waals surface area contributed by atoms with Crippen molar-refractivity contribution < 1.29 is 23.5 Å². The number of hydrogen-bond donors (Lipinski definition) is 2. The molecular formula is C27H29FN4O4. The largest absolute Gasteiger partial charge is 0.493 e. The maximum Gasteiger partial charge on any atom is 0.318 e. The standard InChI is InChI=1S/C27H29FN4O4/c1-17(26(33)30-16-18-5-4-11-29-15-18)31-27(34)32-12-10-20-13-23(35-2)24(36-3)14-22(20)25(32)19-6-8-21(28)9-7-19/h4-9,11,13-15,17,25H,10,12,16H2,1-3H3,(H,30,33)(H,31,34)/t17-,25-/m0/s1. The Morgan fingerprint density at radius 1 is 1.14 bits per heavy atom. The van der Waals surface area contributed by atoms with Gasteiger partial charge >= 0.3 is 6.03 Å². The lowest BCUT2D eigenvalue weighted by Gasteiger charge is -2.38. The van der Waals surface area contributed by atoms with E-state index in [9.17, 15) is 14.0 Å². The summed E-state index contributed by atoms with van der Waals surface area (Å²) in [5.41, 5.74) is 3.47. The van der Waals surface area contributed by atoms with Crippen LogP contribution in [0.15, 0.2) is 60.9 Å². The van der Waals surface area contributed by atoms with Crippen molar-refractivity contribution in [3.05, 3.63) is 89.0 Å². The Kier molecular flexibility index (Phi) is 7.68. The van der Waals surface area contributed by atoms with E-state index < -0.39 is 18.1 Å². The smallest absolute Gasteiger partial charge is 0.318 e. The van der Waals surface area contributed by atoms with Crippen LogP contribution in [0.3, 0.4) is 0 Å². The average Bonchev–Trinajstić information content (AvgIpc) is 2.91. The number of halogens is 1. The van der Waals surface area contributed by atoms with Gasteiger partial charge in [0.05, 0.1) is 20.3 Å². The summed E-state index contributed by atoms with van der Waals surface area (Å²) in [6.45, 7) is 2.35. The van der Waals surface area contributed by atoms with Crippen molar-refractivity contribution in [3.63, 3.8) is 0 Å². The van der Waals surface area contributed by atoms with E-state index in [1.807, 2.05) is 18.2 Å². The lowest BCUT2D eigenvalue weighted by atomic mass is 9.88. The Hall–Kier alpha value is -4.14. The van der Waals surface area contributed by atoms with Gasteiger partial charge in [-0.2, -0.15) is 0 Å². The van der Waals surface area contributed by atoms with Gasteiger partial charge in [-0.15, -0.1) is 0 Å². The van der Waals surface area contributed by atoms with Crippen molar-refractivity contribution in [1.82, 2.24) is 20.5 Å². The van der Waals surface area contributed by atoms with Gasteiger partial charge in [0, 0.05) is 25.5 Å². The van der Waals surface area contributed by atoms with Gasteiger partial charge in [-0.3, -0.25) is 9.78 Å². The SMILES string of the molecule is COc1cc2c(cc1OC)[C@H](c1ccc(F)cc1)N(C(=O)N[C@@H](C)C(=O)NCc1cccnc1)CC2.